The lowest BCUT2D eigenvalue weighted by atomic mass is 9.85. The molecule has 0 aliphatic rings. The van der Waals surface area contributed by atoms with Crippen LogP contribution < -0.4 is 4.74 Å². The van der Waals surface area contributed by atoms with Crippen LogP contribution in [0.5, 0.6) is 11.5 Å². The van der Waals surface area contributed by atoms with E-state index in [9.17, 15) is 0 Å². The highest BCUT2D eigenvalue weighted by molar-refractivity contribution is 6.09. The maximum absolute atomic E-state index is 6.37. The number of hydrogen-bond donors (Lipinski definition) is 0. The van der Waals surface area contributed by atoms with Gasteiger partial charge in [0.25, 0.3) is 0 Å². The molecule has 0 unspecified atom stereocenters. The molecule has 0 saturated heterocycles. The summed E-state index contributed by atoms with van der Waals surface area (Å²) in [6.07, 6.45) is 1.80. The minimum Gasteiger partial charge on any atom is -0.457 e. The molecule has 5 aromatic carbocycles. The van der Waals surface area contributed by atoms with E-state index >= 15 is 0 Å². The fourth-order valence-electron chi connectivity index (χ4n) is 6.40. The Bertz CT molecular complexity index is 2400. The maximum atomic E-state index is 6.37. The van der Waals surface area contributed by atoms with Crippen molar-refractivity contribution in [2.24, 2.45) is 0 Å². The summed E-state index contributed by atoms with van der Waals surface area (Å²) in [6.45, 7) is 6.79. The molecule has 0 amide bonds. The zero-order chi connectivity index (χ0) is 32.7. The smallest absolute Gasteiger partial charge is 0.146 e. The van der Waals surface area contributed by atoms with Crippen molar-refractivity contribution >= 4 is 21.9 Å². The first-order valence-electron chi connectivity index (χ1n) is 16.3. The van der Waals surface area contributed by atoms with Gasteiger partial charge in [0.2, 0.25) is 0 Å². The van der Waals surface area contributed by atoms with E-state index in [1.54, 1.807) is 6.20 Å². The standard InChI is InChI=1S/C44H35N3O/c1-44(2,3)33-22-25-42(38(29-33)30-13-5-4-6-14-30)47-41-21-8-7-19-36(41)37-23-24-40(46-43(37)47)32-16-12-18-35(28-32)48-34-17-11-15-31(27-34)39-20-9-10-26-45-39/h4-29H,1-3H3. The molecule has 0 atom stereocenters. The van der Waals surface area contributed by atoms with Crippen LogP contribution in [0, 0.1) is 0 Å². The normalized spacial score (nSPS) is 11.6. The van der Waals surface area contributed by atoms with Gasteiger partial charge in [-0.3, -0.25) is 9.55 Å². The number of benzene rings is 5. The van der Waals surface area contributed by atoms with E-state index in [0.29, 0.717) is 0 Å². The van der Waals surface area contributed by atoms with Crippen LogP contribution in [-0.4, -0.2) is 14.5 Å². The van der Waals surface area contributed by atoms with E-state index in [-0.39, 0.29) is 5.41 Å². The summed E-state index contributed by atoms with van der Waals surface area (Å²) in [7, 11) is 0. The molecule has 3 aromatic heterocycles. The molecule has 0 aliphatic carbocycles. The number of pyridine rings is 2. The van der Waals surface area contributed by atoms with E-state index in [2.05, 4.69) is 127 Å². The summed E-state index contributed by atoms with van der Waals surface area (Å²) < 4.78 is 8.70. The van der Waals surface area contributed by atoms with Crippen molar-refractivity contribution in [1.29, 1.82) is 0 Å². The molecule has 0 radical (unpaired) electrons. The van der Waals surface area contributed by atoms with Crippen LogP contribution in [0.15, 0.2) is 158 Å². The van der Waals surface area contributed by atoms with Gasteiger partial charge in [0.1, 0.15) is 17.1 Å². The summed E-state index contributed by atoms with van der Waals surface area (Å²) in [5.74, 6) is 1.50. The van der Waals surface area contributed by atoms with E-state index in [4.69, 9.17) is 9.72 Å². The highest BCUT2D eigenvalue weighted by Gasteiger charge is 2.21. The van der Waals surface area contributed by atoms with Crippen molar-refractivity contribution in [3.8, 4) is 50.8 Å². The molecule has 0 fully saturated rings. The highest BCUT2D eigenvalue weighted by Crippen LogP contribution is 2.39. The molecule has 0 aliphatic heterocycles. The summed E-state index contributed by atoms with van der Waals surface area (Å²) in [5, 5.41) is 2.29. The molecular formula is C44H35N3O. The van der Waals surface area contributed by atoms with Gasteiger partial charge in [-0.2, -0.15) is 0 Å². The van der Waals surface area contributed by atoms with E-state index in [1.807, 2.05) is 54.6 Å². The first-order valence-corrected chi connectivity index (χ1v) is 16.3. The Hall–Kier alpha value is -6.00. The van der Waals surface area contributed by atoms with Crippen LogP contribution in [0.25, 0.3) is 61.3 Å². The van der Waals surface area contributed by atoms with Crippen LogP contribution in [0.2, 0.25) is 0 Å². The first-order chi connectivity index (χ1) is 23.4. The van der Waals surface area contributed by atoms with E-state index < -0.39 is 0 Å². The first kappa shape index (κ1) is 29.4. The molecule has 0 spiro atoms. The maximum Gasteiger partial charge on any atom is 0.146 e. The van der Waals surface area contributed by atoms with E-state index in [1.165, 1.54) is 22.1 Å². The molecule has 3 heterocycles. The molecule has 8 rings (SSSR count). The van der Waals surface area contributed by atoms with Gasteiger partial charge in [0, 0.05) is 33.7 Å². The van der Waals surface area contributed by atoms with Crippen LogP contribution in [0.4, 0.5) is 0 Å². The fourth-order valence-corrected chi connectivity index (χ4v) is 6.40. The van der Waals surface area contributed by atoms with Crippen molar-refractivity contribution in [3.63, 3.8) is 0 Å². The second-order valence-corrected chi connectivity index (χ2v) is 13.1. The third-order valence-corrected chi connectivity index (χ3v) is 8.87. The third-order valence-electron chi connectivity index (χ3n) is 8.87. The molecule has 4 nitrogen and oxygen atoms in total. The van der Waals surface area contributed by atoms with Gasteiger partial charge in [0.05, 0.1) is 22.6 Å². The van der Waals surface area contributed by atoms with Crippen molar-refractivity contribution in [3.05, 3.63) is 163 Å². The number of aromatic nitrogens is 3. The second kappa shape index (κ2) is 12.0. The number of ether oxygens (including phenoxy) is 1. The van der Waals surface area contributed by atoms with Gasteiger partial charge in [0.15, 0.2) is 0 Å². The number of hydrogen-bond acceptors (Lipinski definition) is 3. The van der Waals surface area contributed by atoms with Crippen molar-refractivity contribution in [1.82, 2.24) is 14.5 Å². The molecule has 8 aromatic rings. The van der Waals surface area contributed by atoms with Crippen LogP contribution in [-0.2, 0) is 5.41 Å². The van der Waals surface area contributed by atoms with Crippen molar-refractivity contribution < 1.29 is 4.74 Å². The molecule has 0 bridgehead atoms. The van der Waals surface area contributed by atoms with E-state index in [0.717, 1.165) is 56.3 Å². The number of para-hydroxylation sites is 1. The lowest BCUT2D eigenvalue weighted by molar-refractivity contribution is 0.483. The molecule has 0 N–H and O–H groups in total. The monoisotopic (exact) mass is 621 g/mol. The molecule has 4 heteroatoms. The average Bonchev–Trinajstić information content (AvgIpc) is 3.45. The zero-order valence-electron chi connectivity index (χ0n) is 27.3. The molecule has 48 heavy (non-hydrogen) atoms. The van der Waals surface area contributed by atoms with Crippen LogP contribution in [0.1, 0.15) is 26.3 Å². The Labute approximate surface area is 281 Å². The zero-order valence-corrected chi connectivity index (χ0v) is 27.3. The predicted octanol–water partition coefficient (Wildman–Crippen LogP) is 11.7. The Morgan fingerprint density at radius 2 is 1.23 bits per heavy atom. The van der Waals surface area contributed by atoms with Gasteiger partial charge >= 0.3 is 0 Å². The lowest BCUT2D eigenvalue weighted by Crippen LogP contribution is -2.12. The highest BCUT2D eigenvalue weighted by atomic mass is 16.5. The largest absolute Gasteiger partial charge is 0.457 e. The van der Waals surface area contributed by atoms with Gasteiger partial charge in [-0.15, -0.1) is 0 Å². The Morgan fingerprint density at radius 3 is 1.96 bits per heavy atom. The minimum atomic E-state index is 0.0150. The topological polar surface area (TPSA) is 39.9 Å². The molecule has 232 valence electrons. The summed E-state index contributed by atoms with van der Waals surface area (Å²) >= 11 is 0. The Balaban J connectivity index is 1.25. The second-order valence-electron chi connectivity index (χ2n) is 13.1. The van der Waals surface area contributed by atoms with Gasteiger partial charge in [-0.05, 0) is 83.3 Å². The Morgan fingerprint density at radius 1 is 0.542 bits per heavy atom. The van der Waals surface area contributed by atoms with Gasteiger partial charge in [-0.25, -0.2) is 4.98 Å². The fraction of sp³-hybridized carbons (Fsp3) is 0.0909. The lowest BCUT2D eigenvalue weighted by Gasteiger charge is -2.22. The molecule has 0 saturated carbocycles. The number of rotatable bonds is 6. The van der Waals surface area contributed by atoms with Crippen molar-refractivity contribution in [2.45, 2.75) is 26.2 Å². The van der Waals surface area contributed by atoms with Crippen LogP contribution >= 0.6 is 0 Å². The average molecular weight is 622 g/mol. The number of nitrogens with zero attached hydrogens (tertiary/aromatic N) is 3. The summed E-state index contributed by atoms with van der Waals surface area (Å²) in [5.41, 5.74) is 10.6. The van der Waals surface area contributed by atoms with Gasteiger partial charge < -0.3 is 4.74 Å². The Kier molecular flexibility index (Phi) is 7.34. The predicted molar refractivity (Wildman–Crippen MR) is 198 cm³/mol. The molecular weight excluding hydrogens is 587 g/mol. The minimum absolute atomic E-state index is 0.0150. The third kappa shape index (κ3) is 5.52. The van der Waals surface area contributed by atoms with Crippen molar-refractivity contribution in [2.75, 3.05) is 0 Å². The number of fused-ring (bicyclic) bond motifs is 3. The SMILES string of the molecule is CC(C)(C)c1ccc(-n2c3ccccc3c3ccc(-c4cccc(Oc5cccc(-c6ccccn6)c5)c4)nc32)c(-c2ccccc2)c1. The van der Waals surface area contributed by atoms with Crippen LogP contribution in [0.3, 0.4) is 0 Å². The summed E-state index contributed by atoms with van der Waals surface area (Å²) in [4.78, 5) is 9.86. The quantitative estimate of drug-likeness (QED) is 0.185. The summed E-state index contributed by atoms with van der Waals surface area (Å²) in [6, 6.07) is 52.5. The van der Waals surface area contributed by atoms with Gasteiger partial charge in [-0.1, -0.05) is 106 Å².